The Bertz CT molecular complexity index is 1190. The molecule has 0 spiro atoms. The molecule has 1 atom stereocenters. The number of H-pyrrole nitrogens is 1. The summed E-state index contributed by atoms with van der Waals surface area (Å²) in [5, 5.41) is 0. The minimum atomic E-state index is -5.25. The highest BCUT2D eigenvalue weighted by molar-refractivity contribution is 7.92. The number of alkyl halides is 9. The van der Waals surface area contributed by atoms with E-state index < -0.39 is 94.4 Å². The van der Waals surface area contributed by atoms with Crippen LogP contribution in [0.2, 0.25) is 0 Å². The van der Waals surface area contributed by atoms with Crippen LogP contribution in [0.3, 0.4) is 0 Å². The fraction of sp³-hybridized carbons (Fsp3) is 0.471. The van der Waals surface area contributed by atoms with Gasteiger partial charge in [-0.1, -0.05) is 0 Å². The van der Waals surface area contributed by atoms with E-state index in [2.05, 4.69) is 19.4 Å². The van der Waals surface area contributed by atoms with Gasteiger partial charge in [0.1, 0.15) is 4.90 Å². The van der Waals surface area contributed by atoms with Crippen LogP contribution in [-0.4, -0.2) is 43.4 Å². The summed E-state index contributed by atoms with van der Waals surface area (Å²) in [5.74, 6) is -4.37. The second-order valence-corrected chi connectivity index (χ2v) is 8.80. The lowest BCUT2D eigenvalue weighted by atomic mass is 9.83. The summed E-state index contributed by atoms with van der Waals surface area (Å²) >= 11 is 0. The van der Waals surface area contributed by atoms with Gasteiger partial charge in [-0.15, -0.1) is 0 Å². The van der Waals surface area contributed by atoms with Gasteiger partial charge in [-0.3, -0.25) is 4.72 Å². The van der Waals surface area contributed by atoms with E-state index in [-0.39, 0.29) is 11.6 Å². The smallest absolute Gasteiger partial charge is 0.418 e. The zero-order valence-corrected chi connectivity index (χ0v) is 17.6. The molecule has 2 aromatic rings. The fourth-order valence-electron chi connectivity index (χ4n) is 3.51. The van der Waals surface area contributed by atoms with Crippen molar-refractivity contribution in [2.24, 2.45) is 0 Å². The van der Waals surface area contributed by atoms with Crippen LogP contribution >= 0.6 is 0 Å². The number of hydrogen-bond acceptors (Lipinski definition) is 5. The van der Waals surface area contributed by atoms with E-state index >= 15 is 0 Å². The van der Waals surface area contributed by atoms with Gasteiger partial charge < -0.3 is 14.5 Å². The lowest BCUT2D eigenvalue weighted by molar-refractivity contribution is -0.330. The highest BCUT2D eigenvalue weighted by Crippen LogP contribution is 2.45. The molecule has 3 rings (SSSR count). The highest BCUT2D eigenvalue weighted by atomic mass is 32.2. The molecule has 0 aliphatic heterocycles. The summed E-state index contributed by atoms with van der Waals surface area (Å²) in [6, 6.07) is 0.0461. The first-order valence-electron chi connectivity index (χ1n) is 9.24. The SMILES string of the molecule is O=S(=O)(Nc1nc(C(F)F)c(OC(F)F)cc1F)c1c[nH]c2c1CC[C@](OC(F)F)(C(F)(F)F)C2. The lowest BCUT2D eigenvalue weighted by Gasteiger charge is -2.38. The van der Waals surface area contributed by atoms with Crippen LogP contribution in [0.25, 0.3) is 0 Å². The van der Waals surface area contributed by atoms with E-state index in [1.807, 2.05) is 0 Å². The third kappa shape index (κ3) is 5.41. The minimum absolute atomic E-state index is 0.0461. The Kier molecular flexibility index (Phi) is 7.18. The number of aromatic amines is 1. The zero-order chi connectivity index (χ0) is 26.3. The molecule has 2 N–H and O–H groups in total. The molecule has 0 aromatic carbocycles. The number of aromatic nitrogens is 2. The van der Waals surface area contributed by atoms with Crippen molar-refractivity contribution < 1.29 is 61.8 Å². The van der Waals surface area contributed by atoms with Gasteiger partial charge in [-0.05, 0) is 18.4 Å². The molecule has 35 heavy (non-hydrogen) atoms. The summed E-state index contributed by atoms with van der Waals surface area (Å²) in [7, 11) is -4.90. The topological polar surface area (TPSA) is 93.3 Å². The number of fused-ring (bicyclic) bond motifs is 1. The molecule has 2 aromatic heterocycles. The van der Waals surface area contributed by atoms with E-state index in [1.54, 1.807) is 0 Å². The molecule has 0 radical (unpaired) electrons. The molecule has 1 aliphatic carbocycles. The van der Waals surface area contributed by atoms with Crippen molar-refractivity contribution in [1.82, 2.24) is 9.97 Å². The summed E-state index contributed by atoms with van der Waals surface area (Å²) in [6.07, 6.45) is -11.2. The van der Waals surface area contributed by atoms with Crippen molar-refractivity contribution >= 4 is 15.8 Å². The van der Waals surface area contributed by atoms with Gasteiger partial charge in [-0.2, -0.15) is 30.7 Å². The van der Waals surface area contributed by atoms with Crippen LogP contribution in [0.1, 0.15) is 29.8 Å². The van der Waals surface area contributed by atoms with Crippen molar-refractivity contribution in [1.29, 1.82) is 0 Å². The Morgan fingerprint density at radius 2 is 1.77 bits per heavy atom. The van der Waals surface area contributed by atoms with Crippen LogP contribution in [0.4, 0.5) is 49.7 Å². The monoisotopic (exact) mass is 545 g/mol. The molecule has 1 aliphatic rings. The molecule has 0 unspecified atom stereocenters. The first-order chi connectivity index (χ1) is 16.1. The maximum atomic E-state index is 14.2. The number of hydrogen-bond donors (Lipinski definition) is 2. The van der Waals surface area contributed by atoms with Gasteiger partial charge in [0.05, 0.1) is 0 Å². The maximum Gasteiger partial charge on any atom is 0.418 e. The molecule has 0 saturated carbocycles. The predicted molar refractivity (Wildman–Crippen MR) is 95.3 cm³/mol. The number of halogens is 10. The molecular weight excluding hydrogens is 532 g/mol. The second-order valence-electron chi connectivity index (χ2n) is 7.14. The van der Waals surface area contributed by atoms with Gasteiger partial charge >= 0.3 is 19.4 Å². The number of nitrogens with one attached hydrogen (secondary N) is 2. The fourth-order valence-corrected chi connectivity index (χ4v) is 4.79. The highest BCUT2D eigenvalue weighted by Gasteiger charge is 2.59. The van der Waals surface area contributed by atoms with Crippen LogP contribution in [0.5, 0.6) is 5.75 Å². The minimum Gasteiger partial charge on any atom is -0.433 e. The van der Waals surface area contributed by atoms with Gasteiger partial charge in [0.25, 0.3) is 16.4 Å². The van der Waals surface area contributed by atoms with Gasteiger partial charge in [-0.25, -0.2) is 26.6 Å². The third-order valence-corrected chi connectivity index (χ3v) is 6.43. The van der Waals surface area contributed by atoms with Gasteiger partial charge in [0.15, 0.2) is 28.7 Å². The summed E-state index contributed by atoms with van der Waals surface area (Å²) in [6.45, 7) is -7.41. The number of ether oxygens (including phenoxy) is 2. The predicted octanol–water partition coefficient (Wildman–Crippen LogP) is 4.92. The number of anilines is 1. The van der Waals surface area contributed by atoms with Crippen LogP contribution in [0, 0.1) is 5.82 Å². The quantitative estimate of drug-likeness (QED) is 0.460. The Morgan fingerprint density at radius 1 is 1.11 bits per heavy atom. The van der Waals surface area contributed by atoms with Crippen molar-refractivity contribution in [2.45, 2.75) is 55.6 Å². The first kappa shape index (κ1) is 26.8. The van der Waals surface area contributed by atoms with Gasteiger partial charge in [0.2, 0.25) is 0 Å². The first-order valence-corrected chi connectivity index (χ1v) is 10.7. The van der Waals surface area contributed by atoms with Crippen LogP contribution in [-0.2, 0) is 27.6 Å². The average Bonchev–Trinajstić information content (AvgIpc) is 3.11. The Morgan fingerprint density at radius 3 is 2.31 bits per heavy atom. The largest absolute Gasteiger partial charge is 0.433 e. The molecular formula is C17H13F10N3O4S. The maximum absolute atomic E-state index is 14.2. The Labute approximate surface area is 189 Å². The van der Waals surface area contributed by atoms with Crippen LogP contribution in [0.15, 0.2) is 17.2 Å². The number of pyridine rings is 1. The van der Waals surface area contributed by atoms with Crippen molar-refractivity contribution in [2.75, 3.05) is 4.72 Å². The molecule has 0 saturated heterocycles. The lowest BCUT2D eigenvalue weighted by Crippen LogP contribution is -2.52. The average molecular weight is 545 g/mol. The van der Waals surface area contributed by atoms with E-state index in [0.29, 0.717) is 6.20 Å². The third-order valence-electron chi connectivity index (χ3n) is 5.02. The standard InChI is InChI=1S/C17H13F10N3O4S/c18-7-3-9(33-14(21)22)11(12(19)20)29-13(7)30-35(31,32)10-5-28-8-4-16(17(25,26)27,34-15(23)24)2-1-6(8)10/h3,5,12,14-15,28H,1-2,4H2,(H,29,30)/t16-/m1/s1. The number of sulfonamides is 1. The summed E-state index contributed by atoms with van der Waals surface area (Å²) < 4.78 is 165. The molecule has 7 nitrogen and oxygen atoms in total. The molecule has 2 heterocycles. The molecule has 0 bridgehead atoms. The zero-order valence-electron chi connectivity index (χ0n) is 16.8. The summed E-state index contributed by atoms with van der Waals surface area (Å²) in [5.41, 5.74) is -5.52. The Balaban J connectivity index is 1.95. The Hall–Kier alpha value is -2.76. The van der Waals surface area contributed by atoms with E-state index in [4.69, 9.17) is 0 Å². The molecule has 196 valence electrons. The van der Waals surface area contributed by atoms with Crippen LogP contribution < -0.4 is 9.46 Å². The second kappa shape index (κ2) is 9.36. The molecule has 18 heteroatoms. The number of rotatable bonds is 8. The van der Waals surface area contributed by atoms with Gasteiger partial charge in [0, 0.05) is 24.4 Å². The molecule has 0 amide bonds. The van der Waals surface area contributed by atoms with E-state index in [9.17, 15) is 52.3 Å². The van der Waals surface area contributed by atoms with E-state index in [1.165, 1.54) is 4.72 Å². The summed E-state index contributed by atoms with van der Waals surface area (Å²) in [4.78, 5) is 4.45. The molecule has 0 fully saturated rings. The van der Waals surface area contributed by atoms with Crippen molar-refractivity contribution in [3.63, 3.8) is 0 Å². The van der Waals surface area contributed by atoms with Crippen molar-refractivity contribution in [3.05, 3.63) is 35.0 Å². The normalized spacial score (nSPS) is 18.9. The van der Waals surface area contributed by atoms with E-state index in [0.717, 1.165) is 0 Å². The van der Waals surface area contributed by atoms with Crippen molar-refractivity contribution in [3.8, 4) is 5.75 Å². The number of nitrogens with zero attached hydrogens (tertiary/aromatic N) is 1.